The van der Waals surface area contributed by atoms with Gasteiger partial charge in [-0.3, -0.25) is 0 Å². The monoisotopic (exact) mass is 216 g/mol. The minimum absolute atomic E-state index is 0.687. The van der Waals surface area contributed by atoms with E-state index in [1.54, 1.807) is 0 Å². The number of halogens is 1. The van der Waals surface area contributed by atoms with Crippen LogP contribution in [0.5, 0.6) is 0 Å². The molecule has 2 nitrogen and oxygen atoms in total. The molecule has 0 aromatic rings. The summed E-state index contributed by atoms with van der Waals surface area (Å²) in [5.74, 6) is 0. The predicted octanol–water partition coefficient (Wildman–Crippen LogP) is 0.781. The topological polar surface area (TPSA) is 24.1 Å². The molecule has 2 N–H and O–H groups in total. The molecule has 0 radical (unpaired) electrons. The van der Waals surface area contributed by atoms with Gasteiger partial charge >= 0.3 is 52.5 Å². The van der Waals surface area contributed by atoms with Crippen LogP contribution in [0.25, 0.3) is 0 Å². The van der Waals surface area contributed by atoms with Crippen LogP contribution in [0.15, 0.2) is 0 Å². The summed E-state index contributed by atoms with van der Waals surface area (Å²) in [5, 5.41) is 0. The van der Waals surface area contributed by atoms with Gasteiger partial charge in [0, 0.05) is 0 Å². The van der Waals surface area contributed by atoms with E-state index in [1.165, 1.54) is 4.43 Å². The summed E-state index contributed by atoms with van der Waals surface area (Å²) in [4.78, 5) is 2.29. The van der Waals surface area contributed by atoms with Crippen molar-refractivity contribution in [1.82, 2.24) is 9.06 Å². The fourth-order valence-corrected chi connectivity index (χ4v) is 1.53. The molecule has 0 unspecified atom stereocenters. The van der Waals surface area contributed by atoms with Gasteiger partial charge in [0.2, 0.25) is 0 Å². The second-order valence-electron chi connectivity index (χ2n) is 1.20. The van der Waals surface area contributed by atoms with Gasteiger partial charge < -0.3 is 0 Å². The van der Waals surface area contributed by atoms with Crippen molar-refractivity contribution in [3.05, 3.63) is 0 Å². The fraction of sp³-hybridized carbons (Fsp3) is 1.00. The zero-order chi connectivity index (χ0) is 5.70. The Morgan fingerprint density at radius 1 is 1.57 bits per heavy atom. The van der Waals surface area contributed by atoms with E-state index >= 15 is 0 Å². The summed E-state index contributed by atoms with van der Waals surface area (Å²) < 4.78 is 4.53. The molecule has 0 fully saturated rings. The molecule has 3 heteroatoms. The van der Waals surface area contributed by atoms with Gasteiger partial charge in [-0.05, 0) is 0 Å². The van der Waals surface area contributed by atoms with Crippen LogP contribution in [-0.4, -0.2) is 16.4 Å². The molecule has 0 aromatic heterocycles. The number of alkyl halides is 2. The molecule has 0 aliphatic rings. The van der Waals surface area contributed by atoms with E-state index in [0.717, 1.165) is 0 Å². The Hall–Kier alpha value is 0.650. The van der Waals surface area contributed by atoms with Gasteiger partial charge in [0.25, 0.3) is 0 Å². The summed E-state index contributed by atoms with van der Waals surface area (Å²) in [6.07, 6.45) is 0. The van der Waals surface area contributed by atoms with Gasteiger partial charge in [-0.2, -0.15) is 0 Å². The van der Waals surface area contributed by atoms with Gasteiger partial charge in [0.05, 0.1) is 0 Å². The van der Waals surface area contributed by atoms with Crippen molar-refractivity contribution in [2.24, 2.45) is 0 Å². The zero-order valence-corrected chi connectivity index (χ0v) is 7.24. The molecule has 7 heavy (non-hydrogen) atoms. The number of rotatable bonds is 3. The van der Waals surface area contributed by atoms with Crippen molar-refractivity contribution < 1.29 is 0 Å². The Morgan fingerprint density at radius 3 is 2.29 bits per heavy atom. The van der Waals surface area contributed by atoms with Gasteiger partial charge in [-0.1, -0.05) is 0 Å². The molecular weight excluding hydrogens is 203 g/mol. The van der Waals surface area contributed by atoms with E-state index in [2.05, 4.69) is 20.9 Å². The molecule has 0 heterocycles. The summed E-state index contributed by atoms with van der Waals surface area (Å²) >= 11 is -0.687. The first-order valence-electron chi connectivity index (χ1n) is 2.29. The van der Waals surface area contributed by atoms with Crippen molar-refractivity contribution in [2.75, 3.05) is 16.4 Å². The van der Waals surface area contributed by atoms with Crippen molar-refractivity contribution in [2.45, 2.75) is 6.92 Å². The van der Waals surface area contributed by atoms with Crippen molar-refractivity contribution in [3.63, 3.8) is 0 Å². The Morgan fingerprint density at radius 2 is 2.14 bits per heavy atom. The predicted molar refractivity (Wildman–Crippen MR) is 42.7 cm³/mol. The van der Waals surface area contributed by atoms with E-state index in [1.807, 2.05) is 7.05 Å². The van der Waals surface area contributed by atoms with Gasteiger partial charge in [0.15, 0.2) is 0 Å². The number of hydrogen-bond acceptors (Lipinski definition) is 2. The molecule has 0 spiro atoms. The minimum atomic E-state index is -0.687. The first-order valence-corrected chi connectivity index (χ1v) is 7.05. The third-order valence-corrected chi connectivity index (χ3v) is 4.41. The van der Waals surface area contributed by atoms with Crippen LogP contribution >= 0.6 is 20.1 Å². The molecule has 0 amide bonds. The first kappa shape index (κ1) is 7.65. The Labute approximate surface area is 52.8 Å². The fourth-order valence-electron chi connectivity index (χ4n) is 0.228. The zero-order valence-electron chi connectivity index (χ0n) is 5.09. The van der Waals surface area contributed by atoms with Gasteiger partial charge in [0.1, 0.15) is 0 Å². The van der Waals surface area contributed by atoms with E-state index in [-0.39, 0.29) is 0 Å². The average Bonchev–Trinajstić information content (AvgIpc) is 1.68. The standard InChI is InChI=1S/C4H13IN2/c1-4-5(2)7-6-3/h6-7H,4H2,1-3H3. The molecule has 0 saturated heterocycles. The number of hydrogen-bond donors (Lipinski definition) is 2. The molecular formula is C4H13IN2. The average molecular weight is 216 g/mol. The van der Waals surface area contributed by atoms with E-state index in [4.69, 9.17) is 0 Å². The molecule has 0 saturated carbocycles. The van der Waals surface area contributed by atoms with Crippen LogP contribution in [0.1, 0.15) is 6.92 Å². The summed E-state index contributed by atoms with van der Waals surface area (Å²) in [6.45, 7) is 2.22. The Kier molecular flexibility index (Phi) is 5.25. The second-order valence-corrected chi connectivity index (χ2v) is 6.63. The Balaban J connectivity index is 2.83. The molecule has 0 atom stereocenters. The first-order chi connectivity index (χ1) is 3.31. The quantitative estimate of drug-likeness (QED) is 0.315. The molecule has 0 aromatic carbocycles. The van der Waals surface area contributed by atoms with Crippen molar-refractivity contribution in [1.29, 1.82) is 0 Å². The van der Waals surface area contributed by atoms with E-state index < -0.39 is 20.1 Å². The van der Waals surface area contributed by atoms with Gasteiger partial charge in [-0.15, -0.1) is 0 Å². The van der Waals surface area contributed by atoms with Crippen LogP contribution in [0, 0.1) is 0 Å². The second kappa shape index (κ2) is 4.80. The molecule has 0 aliphatic heterocycles. The number of nitrogens with one attached hydrogen (secondary N) is 2. The molecule has 0 rings (SSSR count). The number of hydrazine groups is 1. The van der Waals surface area contributed by atoms with Crippen LogP contribution < -0.4 is 9.06 Å². The van der Waals surface area contributed by atoms with Crippen LogP contribution in [-0.2, 0) is 0 Å². The van der Waals surface area contributed by atoms with Crippen molar-refractivity contribution >= 4 is 20.1 Å². The SMILES string of the molecule is CCI(C)NNC. The normalized spacial score (nSPS) is 11.6. The van der Waals surface area contributed by atoms with E-state index in [0.29, 0.717) is 0 Å². The third kappa shape index (κ3) is 4.50. The molecule has 0 bridgehead atoms. The Bertz CT molecular complexity index is 40.7. The maximum absolute atomic E-state index is 3.20. The molecule has 46 valence electrons. The van der Waals surface area contributed by atoms with Crippen molar-refractivity contribution in [3.8, 4) is 0 Å². The summed E-state index contributed by atoms with van der Waals surface area (Å²) in [6, 6.07) is 0. The summed E-state index contributed by atoms with van der Waals surface area (Å²) in [7, 11) is 1.92. The van der Waals surface area contributed by atoms with E-state index in [9.17, 15) is 0 Å². The summed E-state index contributed by atoms with van der Waals surface area (Å²) in [5.41, 5.74) is 2.94. The van der Waals surface area contributed by atoms with Crippen LogP contribution in [0.2, 0.25) is 0 Å². The van der Waals surface area contributed by atoms with Gasteiger partial charge in [-0.25, -0.2) is 0 Å². The third-order valence-electron chi connectivity index (χ3n) is 0.657. The van der Waals surface area contributed by atoms with Crippen LogP contribution in [0.3, 0.4) is 0 Å². The molecule has 0 aliphatic carbocycles. The van der Waals surface area contributed by atoms with Crippen LogP contribution in [0.4, 0.5) is 0 Å². The maximum atomic E-state index is 3.20.